The Morgan fingerprint density at radius 3 is 2.74 bits per heavy atom. The second-order valence-corrected chi connectivity index (χ2v) is 6.94. The predicted molar refractivity (Wildman–Crippen MR) is 103 cm³/mol. The van der Waals surface area contributed by atoms with Crippen molar-refractivity contribution < 1.29 is 9.32 Å². The lowest BCUT2D eigenvalue weighted by molar-refractivity contribution is -0.124. The second-order valence-electron chi connectivity index (χ2n) is 6.50. The highest BCUT2D eigenvalue weighted by Crippen LogP contribution is 2.24. The number of para-hydroxylation sites is 1. The summed E-state index contributed by atoms with van der Waals surface area (Å²) in [5.41, 5.74) is 1.97. The van der Waals surface area contributed by atoms with Crippen molar-refractivity contribution in [3.63, 3.8) is 0 Å². The van der Waals surface area contributed by atoms with Gasteiger partial charge in [-0.1, -0.05) is 35.0 Å². The molecule has 1 aliphatic rings. The normalized spacial score (nSPS) is 16.5. The number of anilines is 1. The molecule has 0 saturated carbocycles. The van der Waals surface area contributed by atoms with Crippen molar-refractivity contribution in [2.45, 2.75) is 13.0 Å². The van der Waals surface area contributed by atoms with Gasteiger partial charge in [0.25, 0.3) is 0 Å². The topological polar surface area (TPSA) is 71.3 Å². The van der Waals surface area contributed by atoms with Gasteiger partial charge in [-0.05, 0) is 42.8 Å². The van der Waals surface area contributed by atoms with Crippen LogP contribution < -0.4 is 10.2 Å². The molecule has 3 aromatic rings. The summed E-state index contributed by atoms with van der Waals surface area (Å²) in [5, 5.41) is 7.51. The third-order valence-electron chi connectivity index (χ3n) is 4.66. The van der Waals surface area contributed by atoms with Crippen LogP contribution in [0, 0.1) is 5.92 Å². The van der Waals surface area contributed by atoms with Gasteiger partial charge < -0.3 is 14.7 Å². The monoisotopic (exact) mass is 382 g/mol. The number of hydrogen-bond donors (Lipinski definition) is 1. The summed E-state index contributed by atoms with van der Waals surface area (Å²) in [6.07, 6.45) is 0.834. The Morgan fingerprint density at radius 1 is 1.19 bits per heavy atom. The van der Waals surface area contributed by atoms with E-state index in [0.717, 1.165) is 30.8 Å². The summed E-state index contributed by atoms with van der Waals surface area (Å²) in [6.45, 7) is 1.82. The highest BCUT2D eigenvalue weighted by atomic mass is 35.5. The first kappa shape index (κ1) is 17.5. The van der Waals surface area contributed by atoms with E-state index in [1.54, 1.807) is 12.1 Å². The first-order chi connectivity index (χ1) is 13.2. The maximum Gasteiger partial charge on any atom is 0.246 e. The fourth-order valence-corrected chi connectivity index (χ4v) is 3.32. The maximum absolute atomic E-state index is 12.5. The minimum absolute atomic E-state index is 0.0136. The van der Waals surface area contributed by atoms with Gasteiger partial charge in [0.15, 0.2) is 0 Å². The number of benzene rings is 2. The Kier molecular flexibility index (Phi) is 5.07. The molecule has 0 radical (unpaired) electrons. The van der Waals surface area contributed by atoms with E-state index in [4.69, 9.17) is 16.1 Å². The van der Waals surface area contributed by atoms with Crippen molar-refractivity contribution >= 4 is 23.2 Å². The molecule has 2 heterocycles. The smallest absolute Gasteiger partial charge is 0.246 e. The van der Waals surface area contributed by atoms with E-state index in [1.807, 2.05) is 30.3 Å². The van der Waals surface area contributed by atoms with Crippen LogP contribution >= 0.6 is 11.6 Å². The van der Waals surface area contributed by atoms with Crippen LogP contribution in [0.15, 0.2) is 59.1 Å². The molecule has 1 atom stereocenters. The average molecular weight is 383 g/mol. The van der Waals surface area contributed by atoms with Crippen molar-refractivity contribution in [1.82, 2.24) is 15.5 Å². The molecule has 1 unspecified atom stereocenters. The zero-order valence-electron chi connectivity index (χ0n) is 14.6. The predicted octanol–water partition coefficient (Wildman–Crippen LogP) is 3.53. The van der Waals surface area contributed by atoms with Crippen molar-refractivity contribution in [2.24, 2.45) is 5.92 Å². The summed E-state index contributed by atoms with van der Waals surface area (Å²) in [5.74, 6) is 0.835. The third-order valence-corrected chi connectivity index (χ3v) is 4.92. The maximum atomic E-state index is 12.5. The standard InChI is InChI=1S/C20H19ClN4O2/c21-16-8-6-14(7-9-16)19-23-18(27-24-19)12-22-20(26)15-10-11-25(13-15)17-4-2-1-3-5-17/h1-9,15H,10-13H2,(H,22,26). The number of nitrogens with zero attached hydrogens (tertiary/aromatic N) is 3. The zero-order chi connectivity index (χ0) is 18.6. The van der Waals surface area contributed by atoms with Gasteiger partial charge >= 0.3 is 0 Å². The Labute approximate surface area is 162 Å². The van der Waals surface area contributed by atoms with Crippen LogP contribution in [-0.4, -0.2) is 29.1 Å². The quantitative estimate of drug-likeness (QED) is 0.730. The number of rotatable bonds is 5. The van der Waals surface area contributed by atoms with Crippen LogP contribution in [0.25, 0.3) is 11.4 Å². The lowest BCUT2D eigenvalue weighted by Crippen LogP contribution is -2.32. The number of amides is 1. The second kappa shape index (κ2) is 7.80. The number of carbonyl (C=O) groups is 1. The van der Waals surface area contributed by atoms with Crippen LogP contribution in [0.4, 0.5) is 5.69 Å². The van der Waals surface area contributed by atoms with E-state index in [2.05, 4.69) is 32.5 Å². The van der Waals surface area contributed by atoms with Gasteiger partial charge in [-0.2, -0.15) is 4.98 Å². The number of carbonyl (C=O) groups excluding carboxylic acids is 1. The van der Waals surface area contributed by atoms with Gasteiger partial charge in [-0.3, -0.25) is 4.79 Å². The molecular formula is C20H19ClN4O2. The van der Waals surface area contributed by atoms with Crippen LogP contribution in [0.3, 0.4) is 0 Å². The van der Waals surface area contributed by atoms with Crippen LogP contribution in [0.2, 0.25) is 5.02 Å². The molecule has 6 nitrogen and oxygen atoms in total. The molecule has 2 aromatic carbocycles. The summed E-state index contributed by atoms with van der Waals surface area (Å²) in [6, 6.07) is 17.3. The van der Waals surface area contributed by atoms with E-state index in [9.17, 15) is 4.79 Å². The Morgan fingerprint density at radius 2 is 1.96 bits per heavy atom. The molecule has 7 heteroatoms. The van der Waals surface area contributed by atoms with E-state index in [-0.39, 0.29) is 18.4 Å². The lowest BCUT2D eigenvalue weighted by atomic mass is 10.1. The Bertz CT molecular complexity index is 911. The fourth-order valence-electron chi connectivity index (χ4n) is 3.20. The van der Waals surface area contributed by atoms with Crippen LogP contribution in [0.1, 0.15) is 12.3 Å². The largest absolute Gasteiger partial charge is 0.371 e. The first-order valence-electron chi connectivity index (χ1n) is 8.85. The average Bonchev–Trinajstić information content (AvgIpc) is 3.37. The molecule has 4 rings (SSSR count). The van der Waals surface area contributed by atoms with E-state index in [0.29, 0.717) is 16.7 Å². The van der Waals surface area contributed by atoms with Crippen molar-refractivity contribution in [1.29, 1.82) is 0 Å². The molecule has 0 spiro atoms. The lowest BCUT2D eigenvalue weighted by Gasteiger charge is -2.18. The third kappa shape index (κ3) is 4.11. The van der Waals surface area contributed by atoms with Crippen LogP contribution in [-0.2, 0) is 11.3 Å². The van der Waals surface area contributed by atoms with Gasteiger partial charge in [-0.25, -0.2) is 0 Å². The number of nitrogens with one attached hydrogen (secondary N) is 1. The molecule has 138 valence electrons. The molecule has 1 aliphatic heterocycles. The minimum Gasteiger partial charge on any atom is -0.371 e. The van der Waals surface area contributed by atoms with E-state index >= 15 is 0 Å². The van der Waals surface area contributed by atoms with Gasteiger partial charge in [-0.15, -0.1) is 0 Å². The zero-order valence-corrected chi connectivity index (χ0v) is 15.4. The number of hydrogen-bond acceptors (Lipinski definition) is 5. The Balaban J connectivity index is 1.32. The van der Waals surface area contributed by atoms with Gasteiger partial charge in [0, 0.05) is 29.4 Å². The van der Waals surface area contributed by atoms with Gasteiger partial charge in [0.05, 0.1) is 12.5 Å². The molecule has 1 amide bonds. The molecule has 1 fully saturated rings. The Hall–Kier alpha value is -2.86. The molecule has 1 saturated heterocycles. The molecule has 27 heavy (non-hydrogen) atoms. The molecule has 1 N–H and O–H groups in total. The highest BCUT2D eigenvalue weighted by molar-refractivity contribution is 6.30. The summed E-state index contributed by atoms with van der Waals surface area (Å²) in [7, 11) is 0. The fraction of sp³-hybridized carbons (Fsp3) is 0.250. The first-order valence-corrected chi connectivity index (χ1v) is 9.23. The van der Waals surface area contributed by atoms with Gasteiger partial charge in [0.1, 0.15) is 0 Å². The van der Waals surface area contributed by atoms with Crippen LogP contribution in [0.5, 0.6) is 0 Å². The highest BCUT2D eigenvalue weighted by Gasteiger charge is 2.28. The number of aromatic nitrogens is 2. The van der Waals surface area contributed by atoms with Crippen molar-refractivity contribution in [3.05, 3.63) is 65.5 Å². The molecule has 0 bridgehead atoms. The SMILES string of the molecule is O=C(NCc1nc(-c2ccc(Cl)cc2)no1)C1CCN(c2ccccc2)C1. The molecule has 1 aromatic heterocycles. The van der Waals surface area contributed by atoms with E-state index in [1.165, 1.54) is 0 Å². The van der Waals surface area contributed by atoms with Gasteiger partial charge in [0.2, 0.25) is 17.6 Å². The molecule has 0 aliphatic carbocycles. The minimum atomic E-state index is -0.0381. The van der Waals surface area contributed by atoms with Crippen molar-refractivity contribution in [3.8, 4) is 11.4 Å². The number of halogens is 1. The molecular weight excluding hydrogens is 364 g/mol. The summed E-state index contributed by atoms with van der Waals surface area (Å²) < 4.78 is 5.23. The van der Waals surface area contributed by atoms with Crippen molar-refractivity contribution in [2.75, 3.05) is 18.0 Å². The summed E-state index contributed by atoms with van der Waals surface area (Å²) >= 11 is 5.89. The van der Waals surface area contributed by atoms with E-state index < -0.39 is 0 Å². The summed E-state index contributed by atoms with van der Waals surface area (Å²) in [4.78, 5) is 19.0.